The second-order valence-corrected chi connectivity index (χ2v) is 6.93. The highest BCUT2D eigenvalue weighted by Gasteiger charge is 2.56. The van der Waals surface area contributed by atoms with E-state index in [9.17, 15) is 0 Å². The summed E-state index contributed by atoms with van der Waals surface area (Å²) in [5, 5.41) is 0. The Balaban J connectivity index is 1.60. The number of rotatable bonds is 2. The molecular formula is C15H26O. The molecule has 2 aliphatic carbocycles. The van der Waals surface area contributed by atoms with E-state index in [1.807, 2.05) is 0 Å². The largest absolute Gasteiger partial charge is 0.369 e. The Morgan fingerprint density at radius 3 is 2.50 bits per heavy atom. The maximum absolute atomic E-state index is 5.81. The van der Waals surface area contributed by atoms with Crippen LogP contribution in [0.4, 0.5) is 0 Å². The van der Waals surface area contributed by atoms with Crippen molar-refractivity contribution >= 4 is 0 Å². The Morgan fingerprint density at radius 1 is 1.00 bits per heavy atom. The minimum Gasteiger partial charge on any atom is -0.369 e. The zero-order valence-corrected chi connectivity index (χ0v) is 10.9. The van der Waals surface area contributed by atoms with Gasteiger partial charge in [-0.15, -0.1) is 0 Å². The van der Waals surface area contributed by atoms with E-state index >= 15 is 0 Å². The van der Waals surface area contributed by atoms with E-state index < -0.39 is 0 Å². The molecule has 1 aliphatic heterocycles. The zero-order valence-electron chi connectivity index (χ0n) is 10.9. The molecule has 1 nitrogen and oxygen atoms in total. The van der Waals surface area contributed by atoms with Gasteiger partial charge in [-0.05, 0) is 36.5 Å². The fraction of sp³-hybridized carbons (Fsp3) is 1.00. The Labute approximate surface area is 99.9 Å². The van der Waals surface area contributed by atoms with Gasteiger partial charge in [0.05, 0.1) is 12.2 Å². The highest BCUT2D eigenvalue weighted by molar-refractivity contribution is 5.03. The third-order valence-electron chi connectivity index (χ3n) is 5.51. The minimum atomic E-state index is 0.459. The first-order chi connectivity index (χ1) is 7.68. The lowest BCUT2D eigenvalue weighted by atomic mass is 9.65. The predicted molar refractivity (Wildman–Crippen MR) is 66.4 cm³/mol. The molecule has 0 aromatic heterocycles. The van der Waals surface area contributed by atoms with Crippen LogP contribution in [0.3, 0.4) is 0 Å². The molecule has 2 saturated carbocycles. The molecule has 3 fully saturated rings. The first-order valence-corrected chi connectivity index (χ1v) is 7.33. The summed E-state index contributed by atoms with van der Waals surface area (Å²) in [6.07, 6.45) is 12.9. The molecule has 1 heterocycles. The molecule has 0 bridgehead atoms. The van der Waals surface area contributed by atoms with Crippen molar-refractivity contribution in [3.63, 3.8) is 0 Å². The van der Waals surface area contributed by atoms with Gasteiger partial charge in [0.2, 0.25) is 0 Å². The van der Waals surface area contributed by atoms with Crippen LogP contribution in [0.5, 0.6) is 0 Å². The normalized spacial score (nSPS) is 42.8. The monoisotopic (exact) mass is 222 g/mol. The van der Waals surface area contributed by atoms with Gasteiger partial charge in [0.1, 0.15) is 0 Å². The van der Waals surface area contributed by atoms with Gasteiger partial charge in [0, 0.05) is 0 Å². The lowest BCUT2D eigenvalue weighted by Gasteiger charge is -2.39. The Kier molecular flexibility index (Phi) is 2.78. The lowest BCUT2D eigenvalue weighted by molar-refractivity contribution is 0.106. The van der Waals surface area contributed by atoms with Gasteiger partial charge in [-0.1, -0.05) is 46.0 Å². The van der Waals surface area contributed by atoms with Crippen LogP contribution in [0, 0.1) is 17.3 Å². The van der Waals surface area contributed by atoms with E-state index in [1.54, 1.807) is 0 Å². The highest BCUT2D eigenvalue weighted by Crippen LogP contribution is 2.54. The standard InChI is InChI=1S/C15H26O/c1-15(2)12(8-9-13-14(15)16-13)10-11-6-4-3-5-7-11/h11-14H,3-10H2,1-2H3. The SMILES string of the molecule is CC1(C)C(CC2CCCCC2)CCC2OC21. The van der Waals surface area contributed by atoms with E-state index in [-0.39, 0.29) is 0 Å². The molecule has 0 aromatic rings. The quantitative estimate of drug-likeness (QED) is 0.639. The van der Waals surface area contributed by atoms with Gasteiger partial charge in [0.25, 0.3) is 0 Å². The minimum absolute atomic E-state index is 0.459. The smallest absolute Gasteiger partial charge is 0.0895 e. The van der Waals surface area contributed by atoms with Crippen LogP contribution in [0.15, 0.2) is 0 Å². The highest BCUT2D eigenvalue weighted by atomic mass is 16.6. The molecule has 3 aliphatic rings. The average molecular weight is 222 g/mol. The van der Waals surface area contributed by atoms with E-state index in [2.05, 4.69) is 13.8 Å². The van der Waals surface area contributed by atoms with Crippen molar-refractivity contribution in [3.8, 4) is 0 Å². The van der Waals surface area contributed by atoms with Gasteiger partial charge in [0.15, 0.2) is 0 Å². The molecule has 0 spiro atoms. The third-order valence-corrected chi connectivity index (χ3v) is 5.51. The molecule has 3 rings (SSSR count). The van der Waals surface area contributed by atoms with Crippen LogP contribution < -0.4 is 0 Å². The number of hydrogen-bond acceptors (Lipinski definition) is 1. The van der Waals surface area contributed by atoms with Crippen LogP contribution in [-0.2, 0) is 4.74 Å². The molecular weight excluding hydrogens is 196 g/mol. The van der Waals surface area contributed by atoms with Crippen molar-refractivity contribution in [3.05, 3.63) is 0 Å². The molecule has 0 aromatic carbocycles. The molecule has 1 heteroatoms. The predicted octanol–water partition coefficient (Wildman–Crippen LogP) is 4.16. The lowest BCUT2D eigenvalue weighted by Crippen LogP contribution is -2.36. The van der Waals surface area contributed by atoms with Crippen molar-refractivity contribution in [2.75, 3.05) is 0 Å². The fourth-order valence-electron chi connectivity index (χ4n) is 4.23. The summed E-state index contributed by atoms with van der Waals surface area (Å²) in [4.78, 5) is 0. The van der Waals surface area contributed by atoms with E-state index in [4.69, 9.17) is 4.74 Å². The first kappa shape index (κ1) is 11.1. The number of epoxide rings is 1. The van der Waals surface area contributed by atoms with Gasteiger partial charge in [-0.25, -0.2) is 0 Å². The molecule has 0 radical (unpaired) electrons. The number of ether oxygens (including phenoxy) is 1. The molecule has 16 heavy (non-hydrogen) atoms. The second kappa shape index (κ2) is 4.01. The number of fused-ring (bicyclic) bond motifs is 1. The van der Waals surface area contributed by atoms with E-state index in [0.717, 1.165) is 11.8 Å². The molecule has 3 atom stereocenters. The van der Waals surface area contributed by atoms with Crippen LogP contribution in [0.1, 0.15) is 65.2 Å². The summed E-state index contributed by atoms with van der Waals surface area (Å²) in [7, 11) is 0. The molecule has 92 valence electrons. The van der Waals surface area contributed by atoms with Crippen molar-refractivity contribution in [2.24, 2.45) is 17.3 Å². The maximum Gasteiger partial charge on any atom is 0.0895 e. The summed E-state index contributed by atoms with van der Waals surface area (Å²) in [5.74, 6) is 1.97. The van der Waals surface area contributed by atoms with Crippen molar-refractivity contribution < 1.29 is 4.74 Å². The van der Waals surface area contributed by atoms with Crippen LogP contribution in [0.25, 0.3) is 0 Å². The van der Waals surface area contributed by atoms with Crippen molar-refractivity contribution in [1.29, 1.82) is 0 Å². The molecule has 0 amide bonds. The number of hydrogen-bond donors (Lipinski definition) is 0. The third kappa shape index (κ3) is 1.92. The summed E-state index contributed by atoms with van der Waals surface area (Å²) in [5.41, 5.74) is 0.459. The van der Waals surface area contributed by atoms with Crippen LogP contribution >= 0.6 is 0 Å². The molecule has 3 unspecified atom stereocenters. The first-order valence-electron chi connectivity index (χ1n) is 7.33. The van der Waals surface area contributed by atoms with Crippen LogP contribution in [-0.4, -0.2) is 12.2 Å². The Hall–Kier alpha value is -0.0400. The summed E-state index contributed by atoms with van der Waals surface area (Å²) in [6.45, 7) is 4.90. The van der Waals surface area contributed by atoms with E-state index in [0.29, 0.717) is 17.6 Å². The van der Waals surface area contributed by atoms with Crippen molar-refractivity contribution in [2.45, 2.75) is 77.4 Å². The van der Waals surface area contributed by atoms with Gasteiger partial charge in [-0.3, -0.25) is 0 Å². The Morgan fingerprint density at radius 2 is 1.75 bits per heavy atom. The fourth-order valence-corrected chi connectivity index (χ4v) is 4.23. The Bertz CT molecular complexity index is 252. The zero-order chi connectivity index (χ0) is 11.2. The van der Waals surface area contributed by atoms with Gasteiger partial charge < -0.3 is 4.74 Å². The maximum atomic E-state index is 5.81. The second-order valence-electron chi connectivity index (χ2n) is 6.93. The van der Waals surface area contributed by atoms with E-state index in [1.165, 1.54) is 51.4 Å². The van der Waals surface area contributed by atoms with Gasteiger partial charge >= 0.3 is 0 Å². The van der Waals surface area contributed by atoms with Crippen molar-refractivity contribution in [1.82, 2.24) is 0 Å². The topological polar surface area (TPSA) is 12.5 Å². The summed E-state index contributed by atoms with van der Waals surface area (Å²) in [6, 6.07) is 0. The molecule has 0 N–H and O–H groups in total. The molecule has 1 saturated heterocycles. The average Bonchev–Trinajstić information content (AvgIpc) is 3.05. The van der Waals surface area contributed by atoms with Crippen LogP contribution in [0.2, 0.25) is 0 Å². The van der Waals surface area contributed by atoms with Gasteiger partial charge in [-0.2, -0.15) is 0 Å². The summed E-state index contributed by atoms with van der Waals surface area (Å²) >= 11 is 0. The summed E-state index contributed by atoms with van der Waals surface area (Å²) < 4.78 is 5.81.